The summed E-state index contributed by atoms with van der Waals surface area (Å²) in [4.78, 5) is 0. The van der Waals surface area contributed by atoms with Crippen molar-refractivity contribution in [3.8, 4) is 5.06 Å². The van der Waals surface area contributed by atoms with Crippen LogP contribution < -0.4 is 10.1 Å². The van der Waals surface area contributed by atoms with Crippen molar-refractivity contribution in [1.29, 1.82) is 0 Å². The first-order valence-corrected chi connectivity index (χ1v) is 5.22. The summed E-state index contributed by atoms with van der Waals surface area (Å²) in [5.74, 6) is 0. The second-order valence-electron chi connectivity index (χ2n) is 2.98. The largest absolute Gasteiger partial charge is 0.478 e. The monoisotopic (exact) mass is 183 g/mol. The van der Waals surface area contributed by atoms with Gasteiger partial charge in [0.1, 0.15) is 6.10 Å². The zero-order chi connectivity index (χ0) is 8.39. The van der Waals surface area contributed by atoms with Crippen LogP contribution in [0.1, 0.15) is 12.5 Å². The molecule has 1 fully saturated rings. The number of rotatable bonds is 3. The number of aryl methyl sites for hydroxylation is 1. The van der Waals surface area contributed by atoms with Crippen LogP contribution in [0.15, 0.2) is 11.4 Å². The molecule has 2 heterocycles. The van der Waals surface area contributed by atoms with Gasteiger partial charge in [-0.05, 0) is 17.9 Å². The highest BCUT2D eigenvalue weighted by molar-refractivity contribution is 7.12. The van der Waals surface area contributed by atoms with Crippen molar-refractivity contribution in [2.45, 2.75) is 19.4 Å². The Kier molecular flexibility index (Phi) is 2.33. The summed E-state index contributed by atoms with van der Waals surface area (Å²) in [6, 6.07) is 2.14. The molecule has 66 valence electrons. The molecule has 0 amide bonds. The molecular weight excluding hydrogens is 170 g/mol. The third-order valence-corrected chi connectivity index (χ3v) is 2.95. The van der Waals surface area contributed by atoms with Crippen LogP contribution in [0.3, 0.4) is 0 Å². The summed E-state index contributed by atoms with van der Waals surface area (Å²) >= 11 is 1.70. The lowest BCUT2D eigenvalue weighted by atomic mass is 10.2. The predicted molar refractivity (Wildman–Crippen MR) is 51.0 cm³/mol. The fraction of sp³-hybridized carbons (Fsp3) is 0.556. The first-order valence-electron chi connectivity index (χ1n) is 4.34. The van der Waals surface area contributed by atoms with Crippen LogP contribution in [0.25, 0.3) is 0 Å². The van der Waals surface area contributed by atoms with Gasteiger partial charge in [-0.2, -0.15) is 0 Å². The van der Waals surface area contributed by atoms with Gasteiger partial charge in [0.25, 0.3) is 0 Å². The molecule has 2 rings (SSSR count). The first-order chi connectivity index (χ1) is 5.90. The van der Waals surface area contributed by atoms with E-state index in [2.05, 4.69) is 23.7 Å². The van der Waals surface area contributed by atoms with Crippen molar-refractivity contribution in [2.75, 3.05) is 13.1 Å². The Morgan fingerprint density at radius 1 is 1.67 bits per heavy atom. The maximum atomic E-state index is 5.77. The molecule has 3 heteroatoms. The van der Waals surface area contributed by atoms with Crippen molar-refractivity contribution >= 4 is 11.3 Å². The van der Waals surface area contributed by atoms with Crippen molar-refractivity contribution in [2.24, 2.45) is 0 Å². The Balaban J connectivity index is 2.00. The van der Waals surface area contributed by atoms with E-state index in [1.54, 1.807) is 11.3 Å². The Morgan fingerprint density at radius 2 is 2.50 bits per heavy atom. The molecule has 2 nitrogen and oxygen atoms in total. The van der Waals surface area contributed by atoms with Gasteiger partial charge >= 0.3 is 0 Å². The molecule has 0 aromatic carbocycles. The summed E-state index contributed by atoms with van der Waals surface area (Å²) in [6.45, 7) is 4.16. The van der Waals surface area contributed by atoms with Gasteiger partial charge in [0.05, 0.1) is 0 Å². The highest BCUT2D eigenvalue weighted by Crippen LogP contribution is 2.27. The maximum absolute atomic E-state index is 5.77. The second-order valence-corrected chi connectivity index (χ2v) is 3.86. The fourth-order valence-electron chi connectivity index (χ4n) is 1.18. The molecule has 0 unspecified atom stereocenters. The van der Waals surface area contributed by atoms with Crippen LogP contribution in [0.5, 0.6) is 5.06 Å². The molecule has 1 aliphatic heterocycles. The highest BCUT2D eigenvalue weighted by Gasteiger charge is 2.19. The molecule has 0 saturated carbocycles. The summed E-state index contributed by atoms with van der Waals surface area (Å²) in [5, 5.41) is 6.40. The fourth-order valence-corrected chi connectivity index (χ4v) is 2.10. The molecule has 1 saturated heterocycles. The van der Waals surface area contributed by atoms with Crippen LogP contribution in [0.2, 0.25) is 0 Å². The number of thiophene rings is 1. The van der Waals surface area contributed by atoms with E-state index in [9.17, 15) is 0 Å². The number of hydrogen-bond acceptors (Lipinski definition) is 3. The van der Waals surface area contributed by atoms with Crippen LogP contribution in [-0.4, -0.2) is 19.2 Å². The Morgan fingerprint density at radius 3 is 3.08 bits per heavy atom. The van der Waals surface area contributed by atoms with E-state index >= 15 is 0 Å². The number of nitrogens with one attached hydrogen (secondary N) is 1. The zero-order valence-electron chi connectivity index (χ0n) is 7.17. The molecule has 12 heavy (non-hydrogen) atoms. The van der Waals surface area contributed by atoms with Gasteiger partial charge in [-0.15, -0.1) is 11.3 Å². The van der Waals surface area contributed by atoms with E-state index in [1.165, 1.54) is 5.56 Å². The van der Waals surface area contributed by atoms with Crippen LogP contribution >= 0.6 is 11.3 Å². The van der Waals surface area contributed by atoms with Gasteiger partial charge in [0, 0.05) is 18.7 Å². The minimum Gasteiger partial charge on any atom is -0.478 e. The average Bonchev–Trinajstić information content (AvgIpc) is 2.43. The number of hydrogen-bond donors (Lipinski definition) is 1. The molecular formula is C9H13NOS. The van der Waals surface area contributed by atoms with E-state index in [0.717, 1.165) is 24.6 Å². The number of ether oxygens (including phenoxy) is 1. The molecule has 0 atom stereocenters. The van der Waals surface area contributed by atoms with E-state index in [4.69, 9.17) is 4.74 Å². The van der Waals surface area contributed by atoms with Crippen molar-refractivity contribution in [3.05, 3.63) is 17.0 Å². The van der Waals surface area contributed by atoms with E-state index in [0.29, 0.717) is 6.10 Å². The lowest BCUT2D eigenvalue weighted by Gasteiger charge is -2.27. The van der Waals surface area contributed by atoms with Crippen LogP contribution in [0, 0.1) is 0 Å². The third kappa shape index (κ3) is 1.47. The molecule has 1 N–H and O–H groups in total. The summed E-state index contributed by atoms with van der Waals surface area (Å²) in [7, 11) is 0. The van der Waals surface area contributed by atoms with E-state index in [1.807, 2.05) is 0 Å². The van der Waals surface area contributed by atoms with Crippen molar-refractivity contribution in [3.63, 3.8) is 0 Å². The first kappa shape index (κ1) is 8.08. The molecule has 1 aromatic rings. The Bertz CT molecular complexity index is 255. The van der Waals surface area contributed by atoms with Gasteiger partial charge < -0.3 is 10.1 Å². The second kappa shape index (κ2) is 3.46. The summed E-state index contributed by atoms with van der Waals surface area (Å²) in [6.07, 6.45) is 1.48. The molecule has 1 aromatic heterocycles. The van der Waals surface area contributed by atoms with Gasteiger partial charge in [0.2, 0.25) is 0 Å². The maximum Gasteiger partial charge on any atom is 0.177 e. The highest BCUT2D eigenvalue weighted by atomic mass is 32.1. The smallest absolute Gasteiger partial charge is 0.177 e. The van der Waals surface area contributed by atoms with Gasteiger partial charge in [-0.3, -0.25) is 0 Å². The summed E-state index contributed by atoms with van der Waals surface area (Å²) in [5.41, 5.74) is 1.34. The van der Waals surface area contributed by atoms with Crippen molar-refractivity contribution in [1.82, 2.24) is 5.32 Å². The van der Waals surface area contributed by atoms with Crippen LogP contribution in [-0.2, 0) is 6.42 Å². The third-order valence-electron chi connectivity index (χ3n) is 2.11. The molecule has 0 aliphatic carbocycles. The molecule has 0 bridgehead atoms. The molecule has 0 spiro atoms. The quantitative estimate of drug-likeness (QED) is 0.769. The Hall–Kier alpha value is -0.540. The van der Waals surface area contributed by atoms with Crippen LogP contribution in [0.4, 0.5) is 0 Å². The molecule has 1 aliphatic rings. The van der Waals surface area contributed by atoms with Gasteiger partial charge in [-0.25, -0.2) is 0 Å². The van der Waals surface area contributed by atoms with E-state index < -0.39 is 0 Å². The Labute approximate surface area is 76.6 Å². The van der Waals surface area contributed by atoms with Gasteiger partial charge in [-0.1, -0.05) is 6.92 Å². The van der Waals surface area contributed by atoms with Gasteiger partial charge in [0.15, 0.2) is 5.06 Å². The minimum absolute atomic E-state index is 0.411. The topological polar surface area (TPSA) is 21.3 Å². The summed E-state index contributed by atoms with van der Waals surface area (Å²) < 4.78 is 5.77. The lowest BCUT2D eigenvalue weighted by Crippen LogP contribution is -2.50. The van der Waals surface area contributed by atoms with Crippen molar-refractivity contribution < 1.29 is 4.74 Å². The SMILES string of the molecule is CCc1ccsc1OC1CNC1. The normalized spacial score (nSPS) is 17.4. The van der Waals surface area contributed by atoms with E-state index in [-0.39, 0.29) is 0 Å². The predicted octanol–water partition coefficient (Wildman–Crippen LogP) is 1.66. The lowest BCUT2D eigenvalue weighted by molar-refractivity contribution is 0.146. The standard InChI is InChI=1S/C9H13NOS/c1-2-7-3-4-12-9(7)11-8-5-10-6-8/h3-4,8,10H,2,5-6H2,1H3. The molecule has 0 radical (unpaired) electrons. The average molecular weight is 183 g/mol. The minimum atomic E-state index is 0.411. The zero-order valence-corrected chi connectivity index (χ0v) is 7.99.